The summed E-state index contributed by atoms with van der Waals surface area (Å²) in [5.74, 6) is 2.06. The van der Waals surface area contributed by atoms with E-state index in [4.69, 9.17) is 21.1 Å². The summed E-state index contributed by atoms with van der Waals surface area (Å²) in [6.45, 7) is 5.12. The Morgan fingerprint density at radius 3 is 2.82 bits per heavy atom. The van der Waals surface area contributed by atoms with Gasteiger partial charge in [0.15, 0.2) is 5.90 Å². The van der Waals surface area contributed by atoms with Crippen LogP contribution in [-0.4, -0.2) is 33.0 Å². The van der Waals surface area contributed by atoms with E-state index in [1.165, 1.54) is 0 Å². The van der Waals surface area contributed by atoms with Crippen molar-refractivity contribution in [2.45, 2.75) is 32.4 Å². The van der Waals surface area contributed by atoms with Gasteiger partial charge in [-0.25, -0.2) is 19.9 Å². The van der Waals surface area contributed by atoms with Crippen LogP contribution in [0.25, 0.3) is 10.9 Å². The number of fused-ring (bicyclic) bond motifs is 1. The summed E-state index contributed by atoms with van der Waals surface area (Å²) >= 11 is 8.00. The first kappa shape index (κ1) is 21.6. The quantitative estimate of drug-likeness (QED) is 0.360. The highest BCUT2D eigenvalue weighted by molar-refractivity contribution is 7.09. The molecule has 4 aromatic rings. The van der Waals surface area contributed by atoms with E-state index in [1.807, 2.05) is 35.7 Å². The van der Waals surface area contributed by atoms with E-state index in [0.29, 0.717) is 36.2 Å². The Labute approximate surface area is 200 Å². The molecule has 0 atom stereocenters. The average Bonchev–Trinajstić information content (AvgIpc) is 3.43. The lowest BCUT2D eigenvalue weighted by Gasteiger charge is -2.12. The zero-order chi connectivity index (χ0) is 22.8. The molecule has 3 heterocycles. The normalized spacial score (nSPS) is 14.7. The molecule has 0 saturated carbocycles. The lowest BCUT2D eigenvalue weighted by atomic mass is 10.1. The number of nitrogens with zero attached hydrogens (tertiary/aromatic N) is 4. The third kappa shape index (κ3) is 5.07. The third-order valence-electron chi connectivity index (χ3n) is 5.10. The number of hydrogen-bond donors (Lipinski definition) is 1. The summed E-state index contributed by atoms with van der Waals surface area (Å²) in [5.41, 5.74) is 2.57. The molecule has 9 heteroatoms. The van der Waals surface area contributed by atoms with Crippen LogP contribution < -0.4 is 10.1 Å². The van der Waals surface area contributed by atoms with E-state index < -0.39 is 0 Å². The molecule has 1 aliphatic heterocycles. The maximum Gasteiger partial charge on any atom is 0.188 e. The number of nitrogens with one attached hydrogen (secondary N) is 1. The van der Waals surface area contributed by atoms with Crippen molar-refractivity contribution in [3.63, 3.8) is 0 Å². The zero-order valence-corrected chi connectivity index (χ0v) is 19.8. The number of anilines is 2. The molecule has 0 saturated heterocycles. The van der Waals surface area contributed by atoms with Gasteiger partial charge in [-0.05, 0) is 49.7 Å². The molecule has 0 bridgehead atoms. The molecule has 0 radical (unpaired) electrons. The Balaban J connectivity index is 1.35. The monoisotopic (exact) mass is 479 g/mol. The molecule has 168 valence electrons. The number of thiazole rings is 1. The van der Waals surface area contributed by atoms with Crippen molar-refractivity contribution < 1.29 is 9.47 Å². The predicted molar refractivity (Wildman–Crippen MR) is 132 cm³/mol. The van der Waals surface area contributed by atoms with Gasteiger partial charge in [0.2, 0.25) is 0 Å². The number of halogens is 1. The first-order valence-corrected chi connectivity index (χ1v) is 11.7. The Morgan fingerprint density at radius 2 is 2.06 bits per heavy atom. The summed E-state index contributed by atoms with van der Waals surface area (Å²) in [6, 6.07) is 11.7. The molecule has 2 aromatic carbocycles. The molecule has 0 aliphatic carbocycles. The standard InChI is InChI=1S/C24H22ClN5O2S/c1-24(2)13-32-21(30-24)10-15-3-5-19-17(9-15)23(28-14-27-19)29-16-4-6-20(18(25)11-16)31-12-22-26-7-8-33-22/h3-9,11,14H,10,12-13H2,1-2H3,(H,27,28,29). The minimum absolute atomic E-state index is 0.169. The van der Waals surface area contributed by atoms with Crippen LogP contribution in [0, 0.1) is 0 Å². The molecule has 1 aliphatic rings. The lowest BCUT2D eigenvalue weighted by Crippen LogP contribution is -2.17. The fraction of sp³-hybridized carbons (Fsp3) is 0.250. The third-order valence-corrected chi connectivity index (χ3v) is 6.15. The maximum atomic E-state index is 6.46. The Kier molecular flexibility index (Phi) is 5.86. The number of aliphatic imine (C=N–C) groups is 1. The van der Waals surface area contributed by atoms with Crippen molar-refractivity contribution in [1.82, 2.24) is 15.0 Å². The van der Waals surface area contributed by atoms with Crippen molar-refractivity contribution >= 4 is 51.2 Å². The van der Waals surface area contributed by atoms with Crippen LogP contribution in [0.15, 0.2) is 59.3 Å². The van der Waals surface area contributed by atoms with E-state index in [9.17, 15) is 0 Å². The van der Waals surface area contributed by atoms with Crippen LogP contribution in [-0.2, 0) is 17.8 Å². The molecular weight excluding hydrogens is 458 g/mol. The number of hydrogen-bond acceptors (Lipinski definition) is 8. The number of aromatic nitrogens is 3. The van der Waals surface area contributed by atoms with Gasteiger partial charge in [-0.3, -0.25) is 0 Å². The maximum absolute atomic E-state index is 6.46. The van der Waals surface area contributed by atoms with Crippen LogP contribution in [0.4, 0.5) is 11.5 Å². The summed E-state index contributed by atoms with van der Waals surface area (Å²) in [5, 5.41) is 7.59. The van der Waals surface area contributed by atoms with Gasteiger partial charge < -0.3 is 14.8 Å². The van der Waals surface area contributed by atoms with Crippen LogP contribution in [0.3, 0.4) is 0 Å². The lowest BCUT2D eigenvalue weighted by molar-refractivity contribution is 0.275. The second-order valence-corrected chi connectivity index (χ2v) is 9.73. The van der Waals surface area contributed by atoms with E-state index >= 15 is 0 Å². The number of rotatable bonds is 7. The molecule has 33 heavy (non-hydrogen) atoms. The van der Waals surface area contributed by atoms with Crippen LogP contribution >= 0.6 is 22.9 Å². The minimum Gasteiger partial charge on any atom is -0.485 e. The number of benzene rings is 2. The smallest absolute Gasteiger partial charge is 0.188 e. The SMILES string of the molecule is CC1(C)COC(Cc2ccc3ncnc(Nc4ccc(OCc5nccs5)c(Cl)c4)c3c2)=N1. The van der Waals surface area contributed by atoms with Gasteiger partial charge in [0, 0.05) is 29.1 Å². The van der Waals surface area contributed by atoms with Crippen molar-refractivity contribution in [2.75, 3.05) is 11.9 Å². The summed E-state index contributed by atoms with van der Waals surface area (Å²) in [6.07, 6.45) is 3.93. The second kappa shape index (κ2) is 8.96. The topological polar surface area (TPSA) is 81.5 Å². The molecule has 0 fully saturated rings. The Morgan fingerprint density at radius 1 is 1.15 bits per heavy atom. The van der Waals surface area contributed by atoms with Crippen molar-refractivity contribution in [1.29, 1.82) is 0 Å². The van der Waals surface area contributed by atoms with Crippen LogP contribution in [0.1, 0.15) is 24.4 Å². The van der Waals surface area contributed by atoms with Gasteiger partial charge in [0.05, 0.1) is 16.1 Å². The van der Waals surface area contributed by atoms with Gasteiger partial charge in [-0.2, -0.15) is 0 Å². The average molecular weight is 480 g/mol. The summed E-state index contributed by atoms with van der Waals surface area (Å²) in [4.78, 5) is 17.7. The fourth-order valence-corrected chi connectivity index (χ4v) is 4.30. The second-order valence-electron chi connectivity index (χ2n) is 8.34. The van der Waals surface area contributed by atoms with Crippen molar-refractivity contribution in [3.05, 3.63) is 69.9 Å². The van der Waals surface area contributed by atoms with Gasteiger partial charge >= 0.3 is 0 Å². The Bertz CT molecular complexity index is 1320. The summed E-state index contributed by atoms with van der Waals surface area (Å²) in [7, 11) is 0. The number of ether oxygens (including phenoxy) is 2. The molecule has 1 N–H and O–H groups in total. The minimum atomic E-state index is -0.169. The van der Waals surface area contributed by atoms with E-state index in [-0.39, 0.29) is 5.54 Å². The molecule has 5 rings (SSSR count). The van der Waals surface area contributed by atoms with E-state index in [2.05, 4.69) is 45.2 Å². The van der Waals surface area contributed by atoms with Gasteiger partial charge in [0.25, 0.3) is 0 Å². The van der Waals surface area contributed by atoms with Crippen molar-refractivity contribution in [2.24, 2.45) is 4.99 Å². The largest absolute Gasteiger partial charge is 0.485 e. The summed E-state index contributed by atoms with van der Waals surface area (Å²) < 4.78 is 11.5. The molecular formula is C24H22ClN5O2S. The van der Waals surface area contributed by atoms with Crippen LogP contribution in [0.2, 0.25) is 5.02 Å². The fourth-order valence-electron chi connectivity index (χ4n) is 3.54. The molecule has 0 spiro atoms. The van der Waals surface area contributed by atoms with Gasteiger partial charge in [-0.1, -0.05) is 17.7 Å². The van der Waals surface area contributed by atoms with E-state index in [1.54, 1.807) is 23.9 Å². The zero-order valence-electron chi connectivity index (χ0n) is 18.2. The highest BCUT2D eigenvalue weighted by Crippen LogP contribution is 2.31. The van der Waals surface area contributed by atoms with E-state index in [0.717, 1.165) is 33.1 Å². The highest BCUT2D eigenvalue weighted by atomic mass is 35.5. The molecule has 7 nitrogen and oxygen atoms in total. The molecule has 0 unspecified atom stereocenters. The van der Waals surface area contributed by atoms with Crippen LogP contribution in [0.5, 0.6) is 5.75 Å². The molecule has 2 aromatic heterocycles. The Hall–Kier alpha value is -3.23. The highest BCUT2D eigenvalue weighted by Gasteiger charge is 2.26. The van der Waals surface area contributed by atoms with Gasteiger partial charge in [-0.15, -0.1) is 11.3 Å². The van der Waals surface area contributed by atoms with Gasteiger partial charge in [0.1, 0.15) is 36.1 Å². The first-order chi connectivity index (χ1) is 15.9. The molecule has 0 amide bonds. The van der Waals surface area contributed by atoms with Crippen molar-refractivity contribution in [3.8, 4) is 5.75 Å². The predicted octanol–water partition coefficient (Wildman–Crippen LogP) is 5.81. The first-order valence-electron chi connectivity index (χ1n) is 10.5.